The van der Waals surface area contributed by atoms with Crippen LogP contribution in [0.15, 0.2) is 18.2 Å². The van der Waals surface area contributed by atoms with Gasteiger partial charge in [0.2, 0.25) is 0 Å². The number of carbonyl (C=O) groups is 2. The van der Waals surface area contributed by atoms with Gasteiger partial charge in [0.1, 0.15) is 11.9 Å². The minimum absolute atomic E-state index is 0.000392. The first-order chi connectivity index (χ1) is 7.90. The zero-order chi connectivity index (χ0) is 13.0. The minimum atomic E-state index is -1.17. The lowest BCUT2D eigenvalue weighted by Gasteiger charge is -2.07. The summed E-state index contributed by atoms with van der Waals surface area (Å²) in [4.78, 5) is 20.9. The molecule has 6 heteroatoms. The SMILES string of the molecule is N[C@@H](Cc1ccc(CC(=O)O)c(F)c1)C(=O)O. The molecule has 4 N–H and O–H groups in total. The highest BCUT2D eigenvalue weighted by molar-refractivity contribution is 5.73. The maximum atomic E-state index is 13.4. The van der Waals surface area contributed by atoms with E-state index < -0.39 is 30.2 Å². The highest BCUT2D eigenvalue weighted by Crippen LogP contribution is 2.12. The lowest BCUT2D eigenvalue weighted by Crippen LogP contribution is -2.32. The van der Waals surface area contributed by atoms with Crippen molar-refractivity contribution in [1.82, 2.24) is 0 Å². The second kappa shape index (κ2) is 5.40. The number of aliphatic carboxylic acids is 2. The molecule has 0 spiro atoms. The Morgan fingerprint density at radius 3 is 2.47 bits per heavy atom. The van der Waals surface area contributed by atoms with E-state index >= 15 is 0 Å². The molecule has 0 aliphatic heterocycles. The fourth-order valence-corrected chi connectivity index (χ4v) is 1.37. The highest BCUT2D eigenvalue weighted by atomic mass is 19.1. The average molecular weight is 241 g/mol. The Kier molecular flexibility index (Phi) is 4.17. The van der Waals surface area contributed by atoms with Crippen molar-refractivity contribution in [2.24, 2.45) is 5.73 Å². The van der Waals surface area contributed by atoms with Gasteiger partial charge in [-0.3, -0.25) is 9.59 Å². The zero-order valence-corrected chi connectivity index (χ0v) is 8.89. The van der Waals surface area contributed by atoms with Gasteiger partial charge >= 0.3 is 11.9 Å². The molecule has 0 saturated carbocycles. The van der Waals surface area contributed by atoms with Crippen molar-refractivity contribution in [1.29, 1.82) is 0 Å². The fourth-order valence-electron chi connectivity index (χ4n) is 1.37. The van der Waals surface area contributed by atoms with Crippen LogP contribution < -0.4 is 5.73 Å². The van der Waals surface area contributed by atoms with Gasteiger partial charge < -0.3 is 15.9 Å². The molecule has 1 aromatic carbocycles. The average Bonchev–Trinajstić information content (AvgIpc) is 2.21. The van der Waals surface area contributed by atoms with E-state index in [1.54, 1.807) is 0 Å². The molecule has 0 aliphatic rings. The maximum absolute atomic E-state index is 13.4. The summed E-state index contributed by atoms with van der Waals surface area (Å²) in [6.07, 6.45) is -0.406. The lowest BCUT2D eigenvalue weighted by atomic mass is 10.0. The van der Waals surface area contributed by atoms with Crippen molar-refractivity contribution in [3.8, 4) is 0 Å². The smallest absolute Gasteiger partial charge is 0.320 e. The Morgan fingerprint density at radius 2 is 2.00 bits per heavy atom. The summed E-state index contributed by atoms with van der Waals surface area (Å²) in [6.45, 7) is 0. The molecule has 5 nitrogen and oxygen atoms in total. The van der Waals surface area contributed by atoms with Gasteiger partial charge in [-0.1, -0.05) is 12.1 Å². The predicted molar refractivity (Wildman–Crippen MR) is 57.1 cm³/mol. The summed E-state index contributed by atoms with van der Waals surface area (Å²) in [6, 6.07) is 2.82. The van der Waals surface area contributed by atoms with Crippen LogP contribution in [-0.4, -0.2) is 28.2 Å². The third kappa shape index (κ3) is 3.84. The molecule has 0 aliphatic carbocycles. The molecular weight excluding hydrogens is 229 g/mol. The molecule has 0 amide bonds. The molecule has 0 radical (unpaired) electrons. The van der Waals surface area contributed by atoms with Gasteiger partial charge in [0, 0.05) is 0 Å². The number of hydrogen-bond donors (Lipinski definition) is 3. The number of rotatable bonds is 5. The molecule has 0 unspecified atom stereocenters. The molecule has 92 valence electrons. The number of carboxylic acid groups (broad SMARTS) is 2. The van der Waals surface area contributed by atoms with Crippen LogP contribution in [0.2, 0.25) is 0 Å². The molecule has 0 bridgehead atoms. The van der Waals surface area contributed by atoms with Crippen LogP contribution in [0.1, 0.15) is 11.1 Å². The topological polar surface area (TPSA) is 101 Å². The summed E-state index contributed by atoms with van der Waals surface area (Å²) in [5.41, 5.74) is 5.78. The Bertz CT molecular complexity index is 447. The van der Waals surface area contributed by atoms with E-state index in [9.17, 15) is 14.0 Å². The third-order valence-corrected chi connectivity index (χ3v) is 2.23. The van der Waals surface area contributed by atoms with E-state index in [4.69, 9.17) is 15.9 Å². The zero-order valence-electron chi connectivity index (χ0n) is 8.89. The molecule has 0 heterocycles. The van der Waals surface area contributed by atoms with Crippen LogP contribution in [0.4, 0.5) is 4.39 Å². The molecule has 0 aromatic heterocycles. The molecule has 1 atom stereocenters. The largest absolute Gasteiger partial charge is 0.481 e. The van der Waals surface area contributed by atoms with Crippen molar-refractivity contribution in [3.63, 3.8) is 0 Å². The third-order valence-electron chi connectivity index (χ3n) is 2.23. The molecule has 0 fully saturated rings. The van der Waals surface area contributed by atoms with Gasteiger partial charge in [0.25, 0.3) is 0 Å². The van der Waals surface area contributed by atoms with E-state index in [0.29, 0.717) is 5.56 Å². The van der Waals surface area contributed by atoms with Crippen molar-refractivity contribution < 1.29 is 24.2 Å². The van der Waals surface area contributed by atoms with Crippen molar-refractivity contribution in [2.45, 2.75) is 18.9 Å². The van der Waals surface area contributed by atoms with Gasteiger partial charge in [-0.05, 0) is 23.6 Å². The Morgan fingerprint density at radius 1 is 1.35 bits per heavy atom. The van der Waals surface area contributed by atoms with E-state index in [-0.39, 0.29) is 12.0 Å². The molecule has 0 saturated heterocycles. The van der Waals surface area contributed by atoms with Crippen LogP contribution >= 0.6 is 0 Å². The number of benzene rings is 1. The van der Waals surface area contributed by atoms with Crippen LogP contribution in [0.25, 0.3) is 0 Å². The summed E-state index contributed by atoms with van der Waals surface area (Å²) < 4.78 is 13.4. The van der Waals surface area contributed by atoms with Crippen molar-refractivity contribution in [2.75, 3.05) is 0 Å². The van der Waals surface area contributed by atoms with Gasteiger partial charge in [-0.25, -0.2) is 4.39 Å². The molecular formula is C11H12FNO4. The quantitative estimate of drug-likeness (QED) is 0.693. The standard InChI is InChI=1S/C11H12FNO4/c12-8-3-6(4-9(13)11(16)17)1-2-7(8)5-10(14)15/h1-3,9H,4-5,13H2,(H,14,15)(H,16,17)/t9-/m0/s1. The first-order valence-corrected chi connectivity index (χ1v) is 4.87. The van der Waals surface area contributed by atoms with Crippen LogP contribution in [0.3, 0.4) is 0 Å². The first kappa shape index (κ1) is 13.1. The fraction of sp³-hybridized carbons (Fsp3) is 0.273. The van der Waals surface area contributed by atoms with E-state index in [0.717, 1.165) is 6.07 Å². The van der Waals surface area contributed by atoms with Gasteiger partial charge in [-0.2, -0.15) is 0 Å². The van der Waals surface area contributed by atoms with Gasteiger partial charge in [0.15, 0.2) is 0 Å². The van der Waals surface area contributed by atoms with Gasteiger partial charge in [0.05, 0.1) is 6.42 Å². The monoisotopic (exact) mass is 241 g/mol. The molecule has 1 rings (SSSR count). The van der Waals surface area contributed by atoms with E-state index in [2.05, 4.69) is 0 Å². The second-order valence-corrected chi connectivity index (χ2v) is 3.65. The Labute approximate surface area is 96.7 Å². The first-order valence-electron chi connectivity index (χ1n) is 4.87. The number of nitrogens with two attached hydrogens (primary N) is 1. The van der Waals surface area contributed by atoms with Crippen molar-refractivity contribution >= 4 is 11.9 Å². The Balaban J connectivity index is 2.81. The summed E-state index contributed by atoms with van der Waals surface area (Å²) in [5, 5.41) is 17.1. The number of halogens is 1. The molecule has 17 heavy (non-hydrogen) atoms. The highest BCUT2D eigenvalue weighted by Gasteiger charge is 2.14. The predicted octanol–water partition coefficient (Wildman–Crippen LogP) is 0.407. The van der Waals surface area contributed by atoms with E-state index in [1.807, 2.05) is 0 Å². The normalized spacial score (nSPS) is 12.1. The molecule has 1 aromatic rings. The van der Waals surface area contributed by atoms with Crippen LogP contribution in [0.5, 0.6) is 0 Å². The number of hydrogen-bond acceptors (Lipinski definition) is 3. The van der Waals surface area contributed by atoms with Crippen LogP contribution in [0, 0.1) is 5.82 Å². The summed E-state index contributed by atoms with van der Waals surface area (Å²) in [5.74, 6) is -2.96. The van der Waals surface area contributed by atoms with Gasteiger partial charge in [-0.15, -0.1) is 0 Å². The minimum Gasteiger partial charge on any atom is -0.481 e. The van der Waals surface area contributed by atoms with Crippen LogP contribution in [-0.2, 0) is 22.4 Å². The lowest BCUT2D eigenvalue weighted by molar-refractivity contribution is -0.138. The van der Waals surface area contributed by atoms with E-state index in [1.165, 1.54) is 12.1 Å². The Hall–Kier alpha value is -1.95. The second-order valence-electron chi connectivity index (χ2n) is 3.65. The number of carboxylic acids is 2. The summed E-state index contributed by atoms with van der Waals surface area (Å²) >= 11 is 0. The van der Waals surface area contributed by atoms with Crippen molar-refractivity contribution in [3.05, 3.63) is 35.1 Å². The maximum Gasteiger partial charge on any atom is 0.320 e. The summed E-state index contributed by atoms with van der Waals surface area (Å²) in [7, 11) is 0.